The van der Waals surface area contributed by atoms with Crippen LogP contribution in [0.5, 0.6) is 5.75 Å². The molecule has 0 aliphatic heterocycles. The second kappa shape index (κ2) is 5.56. The molecule has 1 rings (SSSR count). The van der Waals surface area contributed by atoms with Gasteiger partial charge in [-0.15, -0.1) is 6.58 Å². The molecule has 2 nitrogen and oxygen atoms in total. The van der Waals surface area contributed by atoms with Crippen LogP contribution in [0.4, 0.5) is 0 Å². The van der Waals surface area contributed by atoms with Crippen LogP contribution in [0.25, 0.3) is 0 Å². The van der Waals surface area contributed by atoms with Gasteiger partial charge in [0.25, 0.3) is 0 Å². The minimum Gasteiger partial charge on any atom is -0.497 e. The number of benzene rings is 1. The van der Waals surface area contributed by atoms with Gasteiger partial charge in [-0.1, -0.05) is 25.1 Å². The second-order valence-electron chi connectivity index (χ2n) is 3.75. The van der Waals surface area contributed by atoms with Gasteiger partial charge in [0, 0.05) is 5.92 Å². The second-order valence-corrected chi connectivity index (χ2v) is 3.75. The molecule has 2 heteroatoms. The number of ether oxygens (including phenoxy) is 1. The lowest BCUT2D eigenvalue weighted by atomic mass is 9.87. The van der Waals surface area contributed by atoms with Crippen LogP contribution < -0.4 is 10.5 Å². The van der Waals surface area contributed by atoms with E-state index in [1.54, 1.807) is 7.11 Å². The molecule has 0 spiro atoms. The van der Waals surface area contributed by atoms with Gasteiger partial charge in [0.2, 0.25) is 0 Å². The summed E-state index contributed by atoms with van der Waals surface area (Å²) in [7, 11) is 1.67. The van der Waals surface area contributed by atoms with Gasteiger partial charge in [-0.25, -0.2) is 0 Å². The zero-order valence-electron chi connectivity index (χ0n) is 9.44. The Bertz CT molecular complexity index is 322. The smallest absolute Gasteiger partial charge is 0.119 e. The first-order valence-corrected chi connectivity index (χ1v) is 5.19. The van der Waals surface area contributed by atoms with Crippen LogP contribution in [-0.2, 0) is 0 Å². The van der Waals surface area contributed by atoms with Crippen molar-refractivity contribution in [2.24, 2.45) is 11.7 Å². The number of allylic oxidation sites excluding steroid dienone is 1. The first-order chi connectivity index (χ1) is 7.22. The summed E-state index contributed by atoms with van der Waals surface area (Å²) in [5, 5.41) is 0. The quantitative estimate of drug-likeness (QED) is 0.750. The van der Waals surface area contributed by atoms with Crippen LogP contribution in [0.15, 0.2) is 36.9 Å². The fourth-order valence-electron chi connectivity index (χ4n) is 1.69. The summed E-state index contributed by atoms with van der Waals surface area (Å²) in [5.41, 5.74) is 6.89. The molecule has 2 atom stereocenters. The Morgan fingerprint density at radius 3 is 2.80 bits per heavy atom. The van der Waals surface area contributed by atoms with Crippen molar-refractivity contribution in [1.29, 1.82) is 0 Å². The zero-order chi connectivity index (χ0) is 11.3. The Labute approximate surface area is 91.7 Å². The Morgan fingerprint density at radius 2 is 2.27 bits per heavy atom. The monoisotopic (exact) mass is 205 g/mol. The molecule has 0 saturated heterocycles. The summed E-state index contributed by atoms with van der Waals surface area (Å²) in [6.45, 7) is 6.66. The highest BCUT2D eigenvalue weighted by Gasteiger charge is 2.14. The lowest BCUT2D eigenvalue weighted by Gasteiger charge is -2.19. The molecule has 0 amide bonds. The van der Waals surface area contributed by atoms with Gasteiger partial charge in [0.05, 0.1) is 7.11 Å². The first kappa shape index (κ1) is 11.8. The molecule has 82 valence electrons. The normalized spacial score (nSPS) is 14.3. The van der Waals surface area contributed by atoms with E-state index in [0.717, 1.165) is 5.75 Å². The van der Waals surface area contributed by atoms with E-state index in [2.05, 4.69) is 19.6 Å². The van der Waals surface area contributed by atoms with Crippen molar-refractivity contribution in [3.8, 4) is 5.75 Å². The summed E-state index contributed by atoms with van der Waals surface area (Å²) in [6, 6.07) is 8.06. The SMILES string of the molecule is C=C[C@@H](c1cccc(OC)c1)[C@@H](C)CN. The number of hydrogen-bond acceptors (Lipinski definition) is 2. The number of hydrogen-bond donors (Lipinski definition) is 1. The van der Waals surface area contributed by atoms with E-state index in [9.17, 15) is 0 Å². The van der Waals surface area contributed by atoms with Gasteiger partial charge in [0.1, 0.15) is 5.75 Å². The van der Waals surface area contributed by atoms with Gasteiger partial charge in [-0.2, -0.15) is 0 Å². The van der Waals surface area contributed by atoms with Crippen LogP contribution in [0, 0.1) is 5.92 Å². The summed E-state index contributed by atoms with van der Waals surface area (Å²) in [5.74, 6) is 1.57. The third kappa shape index (κ3) is 2.83. The van der Waals surface area contributed by atoms with Gasteiger partial charge < -0.3 is 10.5 Å². The zero-order valence-corrected chi connectivity index (χ0v) is 9.44. The Kier molecular flexibility index (Phi) is 4.37. The van der Waals surface area contributed by atoms with Gasteiger partial charge >= 0.3 is 0 Å². The Hall–Kier alpha value is -1.28. The van der Waals surface area contributed by atoms with E-state index >= 15 is 0 Å². The van der Waals surface area contributed by atoms with Crippen molar-refractivity contribution in [2.45, 2.75) is 12.8 Å². The Morgan fingerprint density at radius 1 is 1.53 bits per heavy atom. The molecule has 0 radical (unpaired) electrons. The molecule has 0 bridgehead atoms. The van der Waals surface area contributed by atoms with Crippen molar-refractivity contribution < 1.29 is 4.74 Å². The molecule has 0 aliphatic rings. The van der Waals surface area contributed by atoms with Crippen molar-refractivity contribution in [1.82, 2.24) is 0 Å². The molecule has 0 unspecified atom stereocenters. The van der Waals surface area contributed by atoms with Gasteiger partial charge in [-0.3, -0.25) is 0 Å². The average molecular weight is 205 g/mol. The predicted octanol–water partition coefficient (Wildman–Crippen LogP) is 2.56. The molecule has 1 aromatic carbocycles. The minimum absolute atomic E-state index is 0.296. The fraction of sp³-hybridized carbons (Fsp3) is 0.385. The molecule has 2 N–H and O–H groups in total. The van der Waals surface area contributed by atoms with E-state index in [1.165, 1.54) is 5.56 Å². The van der Waals surface area contributed by atoms with E-state index in [-0.39, 0.29) is 0 Å². The van der Waals surface area contributed by atoms with Crippen molar-refractivity contribution in [3.63, 3.8) is 0 Å². The summed E-state index contributed by atoms with van der Waals surface area (Å²) in [4.78, 5) is 0. The first-order valence-electron chi connectivity index (χ1n) is 5.19. The highest BCUT2D eigenvalue weighted by Crippen LogP contribution is 2.27. The summed E-state index contributed by atoms with van der Waals surface area (Å²) >= 11 is 0. The van der Waals surface area contributed by atoms with Crippen molar-refractivity contribution >= 4 is 0 Å². The van der Waals surface area contributed by atoms with Crippen molar-refractivity contribution in [3.05, 3.63) is 42.5 Å². The van der Waals surface area contributed by atoms with Crippen LogP contribution in [0.2, 0.25) is 0 Å². The molecule has 0 aliphatic carbocycles. The van der Waals surface area contributed by atoms with Crippen LogP contribution in [-0.4, -0.2) is 13.7 Å². The Balaban J connectivity index is 2.95. The molecule has 1 aromatic rings. The largest absolute Gasteiger partial charge is 0.497 e. The van der Waals surface area contributed by atoms with E-state index in [4.69, 9.17) is 10.5 Å². The van der Waals surface area contributed by atoms with E-state index in [0.29, 0.717) is 18.4 Å². The summed E-state index contributed by atoms with van der Waals surface area (Å²) in [6.07, 6.45) is 1.95. The highest BCUT2D eigenvalue weighted by molar-refractivity contribution is 5.33. The summed E-state index contributed by atoms with van der Waals surface area (Å²) < 4.78 is 5.20. The highest BCUT2D eigenvalue weighted by atomic mass is 16.5. The fourth-order valence-corrected chi connectivity index (χ4v) is 1.69. The third-order valence-electron chi connectivity index (χ3n) is 2.72. The third-order valence-corrected chi connectivity index (χ3v) is 2.72. The van der Waals surface area contributed by atoms with Crippen LogP contribution >= 0.6 is 0 Å². The molecular formula is C13H19NO. The maximum atomic E-state index is 5.68. The number of rotatable bonds is 5. The lowest BCUT2D eigenvalue weighted by Crippen LogP contribution is -2.17. The standard InChI is InChI=1S/C13H19NO/c1-4-13(10(2)9-14)11-6-5-7-12(8-11)15-3/h4-8,10,13H,1,9,14H2,2-3H3/t10-,13+/m0/s1. The van der Waals surface area contributed by atoms with Gasteiger partial charge in [-0.05, 0) is 30.2 Å². The van der Waals surface area contributed by atoms with Crippen LogP contribution in [0.3, 0.4) is 0 Å². The predicted molar refractivity (Wildman–Crippen MR) is 64.2 cm³/mol. The molecule has 15 heavy (non-hydrogen) atoms. The number of nitrogens with two attached hydrogens (primary N) is 1. The van der Waals surface area contributed by atoms with Gasteiger partial charge in [0.15, 0.2) is 0 Å². The van der Waals surface area contributed by atoms with Crippen LogP contribution in [0.1, 0.15) is 18.4 Å². The molecular weight excluding hydrogens is 186 g/mol. The maximum absolute atomic E-state index is 5.68. The van der Waals surface area contributed by atoms with Crippen molar-refractivity contribution in [2.75, 3.05) is 13.7 Å². The average Bonchev–Trinajstić information content (AvgIpc) is 2.30. The topological polar surface area (TPSA) is 35.2 Å². The minimum atomic E-state index is 0.296. The number of methoxy groups -OCH3 is 1. The van der Waals surface area contributed by atoms with E-state index < -0.39 is 0 Å². The lowest BCUT2D eigenvalue weighted by molar-refractivity contribution is 0.413. The molecule has 0 aromatic heterocycles. The maximum Gasteiger partial charge on any atom is 0.119 e. The molecule has 0 heterocycles. The van der Waals surface area contributed by atoms with E-state index in [1.807, 2.05) is 24.3 Å². The molecule has 0 saturated carbocycles. The molecule has 0 fully saturated rings.